The highest BCUT2D eigenvalue weighted by Gasteiger charge is 2.26. The highest BCUT2D eigenvalue weighted by atomic mass is 16.2. The zero-order valence-electron chi connectivity index (χ0n) is 23.2. The van der Waals surface area contributed by atoms with Crippen LogP contribution >= 0.6 is 0 Å². The Balaban J connectivity index is 1.10. The van der Waals surface area contributed by atoms with Gasteiger partial charge in [0, 0.05) is 69.9 Å². The first-order valence-electron chi connectivity index (χ1n) is 14.0. The summed E-state index contributed by atoms with van der Waals surface area (Å²) in [4.78, 5) is 22.8. The predicted molar refractivity (Wildman–Crippen MR) is 159 cm³/mol. The van der Waals surface area contributed by atoms with Crippen LogP contribution in [0.1, 0.15) is 32.6 Å². The van der Waals surface area contributed by atoms with Gasteiger partial charge in [0.2, 0.25) is 0 Å². The van der Waals surface area contributed by atoms with E-state index in [2.05, 4.69) is 68.2 Å². The summed E-state index contributed by atoms with van der Waals surface area (Å²) in [5.74, 6) is 0.121. The molecule has 0 unspecified atom stereocenters. The van der Waals surface area contributed by atoms with Gasteiger partial charge in [-0.2, -0.15) is 10.4 Å². The van der Waals surface area contributed by atoms with Crippen LogP contribution in [0.3, 0.4) is 0 Å². The zero-order chi connectivity index (χ0) is 27.6. The molecule has 8 heteroatoms. The van der Waals surface area contributed by atoms with Crippen LogP contribution in [0.15, 0.2) is 60.8 Å². The van der Waals surface area contributed by atoms with E-state index in [9.17, 15) is 10.1 Å². The number of H-pyrrole nitrogens is 1. The molecule has 2 aliphatic heterocycles. The largest absolute Gasteiger partial charge is 0.368 e. The maximum Gasteiger partial charge on any atom is 0.254 e. The van der Waals surface area contributed by atoms with E-state index in [0.29, 0.717) is 13.1 Å². The number of nitriles is 1. The molecule has 3 heterocycles. The lowest BCUT2D eigenvalue weighted by molar-refractivity contribution is 0.0746. The van der Waals surface area contributed by atoms with Crippen molar-refractivity contribution in [3.8, 4) is 6.07 Å². The molecule has 3 aromatic carbocycles. The lowest BCUT2D eigenvalue weighted by atomic mass is 9.98. The Morgan fingerprint density at radius 3 is 2.35 bits per heavy atom. The summed E-state index contributed by atoms with van der Waals surface area (Å²) in [7, 11) is 0. The number of aromatic amines is 1. The van der Waals surface area contributed by atoms with Crippen molar-refractivity contribution < 1.29 is 4.79 Å². The van der Waals surface area contributed by atoms with Crippen LogP contribution in [-0.4, -0.2) is 78.3 Å². The van der Waals surface area contributed by atoms with E-state index in [-0.39, 0.29) is 5.91 Å². The van der Waals surface area contributed by atoms with E-state index in [1.54, 1.807) is 0 Å². The highest BCUT2D eigenvalue weighted by Crippen LogP contribution is 2.27. The van der Waals surface area contributed by atoms with E-state index in [1.165, 1.54) is 11.1 Å². The normalized spacial score (nSPS) is 16.4. The number of anilines is 2. The Morgan fingerprint density at radius 2 is 1.57 bits per heavy atom. The number of aromatic nitrogens is 2. The number of amides is 1. The minimum Gasteiger partial charge on any atom is -0.368 e. The fraction of sp³-hybridized carbons (Fsp3) is 0.344. The Morgan fingerprint density at radius 1 is 0.875 bits per heavy atom. The molecular weight excluding hydrogens is 498 g/mol. The van der Waals surface area contributed by atoms with Gasteiger partial charge in [0.1, 0.15) is 6.07 Å². The number of hydrogen-bond donors (Lipinski definition) is 1. The first-order valence-corrected chi connectivity index (χ1v) is 14.0. The Kier molecular flexibility index (Phi) is 7.14. The van der Waals surface area contributed by atoms with Crippen molar-refractivity contribution in [2.24, 2.45) is 0 Å². The van der Waals surface area contributed by atoms with Crippen LogP contribution in [0.5, 0.6) is 0 Å². The first kappa shape index (κ1) is 25.9. The number of benzene rings is 3. The minimum atomic E-state index is 0.121. The van der Waals surface area contributed by atoms with Gasteiger partial charge in [-0.25, -0.2) is 0 Å². The molecule has 1 amide bonds. The molecular formula is C32H35N7O. The number of fused-ring (bicyclic) bond motifs is 1. The van der Waals surface area contributed by atoms with Gasteiger partial charge in [-0.15, -0.1) is 0 Å². The minimum absolute atomic E-state index is 0.121. The molecule has 40 heavy (non-hydrogen) atoms. The monoisotopic (exact) mass is 533 g/mol. The van der Waals surface area contributed by atoms with Crippen molar-refractivity contribution in [3.63, 3.8) is 0 Å². The van der Waals surface area contributed by atoms with Crippen molar-refractivity contribution in [2.45, 2.75) is 20.4 Å². The lowest BCUT2D eigenvalue weighted by Crippen LogP contribution is -2.49. The van der Waals surface area contributed by atoms with Gasteiger partial charge in [0.15, 0.2) is 0 Å². The molecule has 0 atom stereocenters. The van der Waals surface area contributed by atoms with Crippen LogP contribution in [0.2, 0.25) is 0 Å². The maximum atomic E-state index is 13.7. The van der Waals surface area contributed by atoms with E-state index in [1.807, 2.05) is 42.3 Å². The second-order valence-electron chi connectivity index (χ2n) is 10.9. The summed E-state index contributed by atoms with van der Waals surface area (Å²) in [5, 5.41) is 17.9. The number of piperazine rings is 2. The molecule has 8 nitrogen and oxygen atoms in total. The third-order valence-corrected chi connectivity index (χ3v) is 8.41. The van der Waals surface area contributed by atoms with E-state index >= 15 is 0 Å². The summed E-state index contributed by atoms with van der Waals surface area (Å²) in [5.41, 5.74) is 8.23. The molecule has 2 saturated heterocycles. The number of hydrogen-bond acceptors (Lipinski definition) is 6. The van der Waals surface area contributed by atoms with Crippen molar-refractivity contribution in [1.29, 1.82) is 5.26 Å². The molecule has 6 rings (SSSR count). The quantitative estimate of drug-likeness (QED) is 0.411. The van der Waals surface area contributed by atoms with Gasteiger partial charge >= 0.3 is 0 Å². The van der Waals surface area contributed by atoms with E-state index in [0.717, 1.165) is 84.8 Å². The number of nitrogens with zero attached hydrogens (tertiary/aromatic N) is 6. The van der Waals surface area contributed by atoms with Gasteiger partial charge in [0.25, 0.3) is 5.91 Å². The first-order chi connectivity index (χ1) is 19.5. The Bertz CT molecular complexity index is 1570. The van der Waals surface area contributed by atoms with Gasteiger partial charge in [-0.3, -0.25) is 14.8 Å². The number of aryl methyl sites for hydroxylation is 2. The van der Waals surface area contributed by atoms with Crippen LogP contribution in [0, 0.1) is 25.2 Å². The Labute approximate surface area is 235 Å². The Hall–Kier alpha value is -4.35. The summed E-state index contributed by atoms with van der Waals surface area (Å²) in [6.07, 6.45) is 1.85. The molecule has 2 fully saturated rings. The van der Waals surface area contributed by atoms with E-state index < -0.39 is 0 Å². The zero-order valence-corrected chi connectivity index (χ0v) is 23.2. The molecule has 204 valence electrons. The fourth-order valence-electron chi connectivity index (χ4n) is 6.07. The SMILES string of the molecule is Cc1cc(C)c(C(=O)N2CCN(c3cccc4cn[nH]c34)CC2)cc1CN1CCN(c2ccccc2C#N)CC1. The molecule has 0 spiro atoms. The van der Waals surface area contributed by atoms with Crippen LogP contribution in [0.25, 0.3) is 10.9 Å². The van der Waals surface area contributed by atoms with Gasteiger partial charge in [0.05, 0.1) is 28.7 Å². The number of nitrogens with one attached hydrogen (secondary N) is 1. The molecule has 0 aliphatic carbocycles. The third-order valence-electron chi connectivity index (χ3n) is 8.41. The molecule has 1 N–H and O–H groups in total. The number of carbonyl (C=O) groups excluding carboxylic acids is 1. The summed E-state index contributed by atoms with van der Waals surface area (Å²) >= 11 is 0. The molecule has 4 aromatic rings. The average Bonchev–Trinajstić information content (AvgIpc) is 3.48. The molecule has 0 bridgehead atoms. The predicted octanol–water partition coefficient (Wildman–Crippen LogP) is 4.34. The average molecular weight is 534 g/mol. The number of para-hydroxylation sites is 2. The summed E-state index contributed by atoms with van der Waals surface area (Å²) in [6.45, 7) is 11.6. The van der Waals surface area contributed by atoms with Gasteiger partial charge in [-0.05, 0) is 54.8 Å². The topological polar surface area (TPSA) is 82.5 Å². The van der Waals surface area contributed by atoms with Crippen molar-refractivity contribution in [1.82, 2.24) is 20.0 Å². The van der Waals surface area contributed by atoms with Crippen LogP contribution in [0.4, 0.5) is 11.4 Å². The summed E-state index contributed by atoms with van der Waals surface area (Å²) < 4.78 is 0. The van der Waals surface area contributed by atoms with Crippen LogP contribution < -0.4 is 9.80 Å². The second kappa shape index (κ2) is 11.0. The lowest BCUT2D eigenvalue weighted by Gasteiger charge is -2.37. The van der Waals surface area contributed by atoms with Gasteiger partial charge in [-0.1, -0.05) is 30.3 Å². The standard InChI is InChI=1S/C32H35N7O/c1-23-18-24(2)28(19-27(23)22-36-10-12-37(13-11-36)29-8-4-3-6-25(29)20-33)32(40)39-16-14-38(15-17-39)30-9-5-7-26-21-34-35-31(26)30/h3-9,18-19,21H,10-17,22H2,1-2H3,(H,34,35). The number of rotatable bonds is 5. The highest BCUT2D eigenvalue weighted by molar-refractivity contribution is 5.96. The molecule has 1 aromatic heterocycles. The summed E-state index contributed by atoms with van der Waals surface area (Å²) in [6, 6.07) is 20.7. The second-order valence-corrected chi connectivity index (χ2v) is 10.9. The van der Waals surface area contributed by atoms with Crippen molar-refractivity contribution >= 4 is 28.2 Å². The van der Waals surface area contributed by atoms with Gasteiger partial charge < -0.3 is 14.7 Å². The van der Waals surface area contributed by atoms with Crippen LogP contribution in [-0.2, 0) is 6.54 Å². The smallest absolute Gasteiger partial charge is 0.254 e. The van der Waals surface area contributed by atoms with E-state index in [4.69, 9.17) is 0 Å². The van der Waals surface area contributed by atoms with Crippen molar-refractivity contribution in [2.75, 3.05) is 62.2 Å². The molecule has 0 radical (unpaired) electrons. The maximum absolute atomic E-state index is 13.7. The molecule has 2 aliphatic rings. The number of carbonyl (C=O) groups is 1. The van der Waals surface area contributed by atoms with Crippen molar-refractivity contribution in [3.05, 3.63) is 88.6 Å². The molecule has 0 saturated carbocycles. The fourth-order valence-corrected chi connectivity index (χ4v) is 6.07. The third kappa shape index (κ3) is 5.01.